The van der Waals surface area contributed by atoms with Crippen molar-refractivity contribution in [1.82, 2.24) is 5.32 Å². The summed E-state index contributed by atoms with van der Waals surface area (Å²) in [4.78, 5) is 39.0. The summed E-state index contributed by atoms with van der Waals surface area (Å²) in [6.07, 6.45) is 4.37. The number of carbonyl (C=O) groups is 3. The molecule has 1 amide bonds. The summed E-state index contributed by atoms with van der Waals surface area (Å²) in [5, 5.41) is 14.5. The molecular weight excluding hydrogens is 510 g/mol. The van der Waals surface area contributed by atoms with Gasteiger partial charge >= 0.3 is 5.97 Å². The average molecular weight is 554 g/mol. The Hall–Kier alpha value is -2.12. The van der Waals surface area contributed by atoms with E-state index in [1.165, 1.54) is 18.7 Å². The number of hydrogen-bond donors (Lipinski definition) is 2. The molecule has 7 heteroatoms. The number of benzene rings is 1. The quantitative estimate of drug-likeness (QED) is 0.270. The van der Waals surface area contributed by atoms with E-state index in [0.717, 1.165) is 29.7 Å². The topological polar surface area (TPSA) is 92.7 Å². The van der Waals surface area contributed by atoms with Gasteiger partial charge in [0, 0.05) is 41.0 Å². The van der Waals surface area contributed by atoms with Gasteiger partial charge in [-0.2, -0.15) is 0 Å². The number of ether oxygens (including phenoxy) is 1. The molecule has 4 aliphatic carbocycles. The highest BCUT2D eigenvalue weighted by Gasteiger charge is 2.81. The Kier molecular flexibility index (Phi) is 7.11. The Morgan fingerprint density at radius 3 is 2.69 bits per heavy atom. The van der Waals surface area contributed by atoms with Gasteiger partial charge in [0.15, 0.2) is 0 Å². The van der Waals surface area contributed by atoms with Crippen LogP contribution in [0, 0.1) is 39.4 Å². The second-order valence-electron chi connectivity index (χ2n) is 13.4. The third kappa shape index (κ3) is 4.21. The van der Waals surface area contributed by atoms with Crippen molar-refractivity contribution in [2.45, 2.75) is 90.4 Å². The summed E-state index contributed by atoms with van der Waals surface area (Å²) in [5.74, 6) is 0.534. The number of rotatable bonds is 7. The molecule has 212 valence electrons. The molecule has 4 saturated carbocycles. The summed E-state index contributed by atoms with van der Waals surface area (Å²) in [7, 11) is 0. The predicted octanol–water partition coefficient (Wildman–Crippen LogP) is 5.32. The number of esters is 1. The van der Waals surface area contributed by atoms with Gasteiger partial charge in [0.05, 0.1) is 11.9 Å². The van der Waals surface area contributed by atoms with Crippen molar-refractivity contribution < 1.29 is 24.2 Å². The van der Waals surface area contributed by atoms with Crippen LogP contribution in [0.5, 0.6) is 0 Å². The Morgan fingerprint density at radius 2 is 2.00 bits per heavy atom. The van der Waals surface area contributed by atoms with Crippen LogP contribution < -0.4 is 5.32 Å². The molecular formula is C32H43NO5S. The zero-order valence-corrected chi connectivity index (χ0v) is 24.7. The first-order chi connectivity index (χ1) is 18.3. The van der Waals surface area contributed by atoms with Crippen LogP contribution >= 0.6 is 11.8 Å². The lowest BCUT2D eigenvalue weighted by Crippen LogP contribution is -2.71. The van der Waals surface area contributed by atoms with E-state index in [4.69, 9.17) is 4.74 Å². The number of hydrogen-bond acceptors (Lipinski definition) is 6. The van der Waals surface area contributed by atoms with Gasteiger partial charge in [0.2, 0.25) is 5.91 Å². The first-order valence-electron chi connectivity index (χ1n) is 14.3. The Bertz CT molecular complexity index is 1200. The largest absolute Gasteiger partial charge is 0.461 e. The number of thioether (sulfide) groups is 1. The molecule has 39 heavy (non-hydrogen) atoms. The van der Waals surface area contributed by atoms with Crippen molar-refractivity contribution in [2.24, 2.45) is 39.4 Å². The number of Topliss-reactive ketones (excluding diaryl/α,β-unsaturated/α-hetero) is 1. The molecule has 4 fully saturated rings. The summed E-state index contributed by atoms with van der Waals surface area (Å²) < 4.78 is 6.40. The molecule has 4 unspecified atom stereocenters. The standard InChI is InChI=1S/C32H43NO5S/c1-7-29(5)15-25(38-26(36)17-39-23-10-8-9-22(13-23)16-33-21(4)34)30(6)19(2)14-32-18-31(28(30)32,12-11-24(32)35)20(3)27(29)37/h7-10,13,19-20,25,27-28,37H,1,11-12,14-18H2,2-6H3,(H,33,34)/t19?,20-,25+,27-,28?,29+,30-,31?,32?/m0/s1. The Morgan fingerprint density at radius 1 is 1.26 bits per heavy atom. The minimum absolute atomic E-state index is 0.0355. The van der Waals surface area contributed by atoms with Gasteiger partial charge in [-0.3, -0.25) is 14.4 Å². The monoisotopic (exact) mass is 553 g/mol. The van der Waals surface area contributed by atoms with Crippen molar-refractivity contribution in [3.63, 3.8) is 0 Å². The molecule has 0 aromatic heterocycles. The predicted molar refractivity (Wildman–Crippen MR) is 152 cm³/mol. The van der Waals surface area contributed by atoms with Crippen molar-refractivity contribution in [2.75, 3.05) is 5.75 Å². The highest BCUT2D eigenvalue weighted by Crippen LogP contribution is 2.82. The lowest BCUT2D eigenvalue weighted by Gasteiger charge is -2.71. The highest BCUT2D eigenvalue weighted by atomic mass is 32.2. The molecule has 0 radical (unpaired) electrons. The van der Waals surface area contributed by atoms with Crippen LogP contribution in [0.15, 0.2) is 41.8 Å². The molecule has 0 saturated heterocycles. The normalized spacial score (nSPS) is 42.4. The smallest absolute Gasteiger partial charge is 0.316 e. The molecule has 6 nitrogen and oxygen atoms in total. The second kappa shape index (κ2) is 9.76. The van der Waals surface area contributed by atoms with Crippen LogP contribution in [-0.4, -0.2) is 40.7 Å². The Balaban J connectivity index is 1.40. The summed E-state index contributed by atoms with van der Waals surface area (Å²) in [5.41, 5.74) is -0.453. The molecule has 4 aliphatic rings. The zero-order valence-electron chi connectivity index (χ0n) is 23.9. The van der Waals surface area contributed by atoms with E-state index < -0.39 is 17.6 Å². The van der Waals surface area contributed by atoms with Gasteiger partial charge in [-0.15, -0.1) is 18.3 Å². The molecule has 2 N–H and O–H groups in total. The molecule has 2 bridgehead atoms. The minimum Gasteiger partial charge on any atom is -0.461 e. The first-order valence-corrected chi connectivity index (χ1v) is 15.3. The van der Waals surface area contributed by atoms with Crippen LogP contribution in [0.1, 0.15) is 72.3 Å². The van der Waals surface area contributed by atoms with E-state index in [1.54, 1.807) is 0 Å². The van der Waals surface area contributed by atoms with Crippen molar-refractivity contribution in [1.29, 1.82) is 0 Å². The third-order valence-electron chi connectivity index (χ3n) is 11.4. The number of amides is 1. The fourth-order valence-corrected chi connectivity index (χ4v) is 10.1. The van der Waals surface area contributed by atoms with E-state index in [9.17, 15) is 19.5 Å². The number of carbonyl (C=O) groups excluding carboxylic acids is 3. The van der Waals surface area contributed by atoms with Crippen molar-refractivity contribution in [3.8, 4) is 0 Å². The van der Waals surface area contributed by atoms with Gasteiger partial charge in [-0.1, -0.05) is 45.9 Å². The highest BCUT2D eigenvalue weighted by molar-refractivity contribution is 8.00. The van der Waals surface area contributed by atoms with E-state index >= 15 is 0 Å². The number of aliphatic hydroxyl groups excluding tert-OH is 1. The maximum atomic E-state index is 13.4. The number of nitrogens with one attached hydrogen (secondary N) is 1. The van der Waals surface area contributed by atoms with Gasteiger partial charge in [0.25, 0.3) is 0 Å². The summed E-state index contributed by atoms with van der Waals surface area (Å²) >= 11 is 1.42. The molecule has 1 aromatic carbocycles. The second-order valence-corrected chi connectivity index (χ2v) is 14.4. The number of aliphatic hydroxyl groups is 1. The molecule has 1 aromatic rings. The maximum Gasteiger partial charge on any atom is 0.316 e. The summed E-state index contributed by atoms with van der Waals surface area (Å²) in [6, 6.07) is 7.79. The third-order valence-corrected chi connectivity index (χ3v) is 12.4. The molecule has 0 aliphatic heterocycles. The van der Waals surface area contributed by atoms with Crippen LogP contribution in [0.4, 0.5) is 0 Å². The average Bonchev–Trinajstić information content (AvgIpc) is 3.09. The van der Waals surface area contributed by atoms with Crippen LogP contribution in [-0.2, 0) is 25.7 Å². The molecule has 2 spiro atoms. The van der Waals surface area contributed by atoms with E-state index in [-0.39, 0.29) is 51.6 Å². The zero-order chi connectivity index (χ0) is 28.4. The van der Waals surface area contributed by atoms with E-state index in [1.807, 2.05) is 37.3 Å². The van der Waals surface area contributed by atoms with Gasteiger partial charge < -0.3 is 15.2 Å². The fourth-order valence-electron chi connectivity index (χ4n) is 9.33. The number of ketones is 1. The van der Waals surface area contributed by atoms with Crippen LogP contribution in [0.2, 0.25) is 0 Å². The van der Waals surface area contributed by atoms with E-state index in [0.29, 0.717) is 25.2 Å². The molecule has 0 heterocycles. The molecule has 9 atom stereocenters. The van der Waals surface area contributed by atoms with Gasteiger partial charge in [-0.05, 0) is 66.5 Å². The lowest BCUT2D eigenvalue weighted by atomic mass is 9.32. The van der Waals surface area contributed by atoms with Gasteiger partial charge in [0.1, 0.15) is 11.9 Å². The van der Waals surface area contributed by atoms with Crippen molar-refractivity contribution >= 4 is 29.4 Å². The minimum atomic E-state index is -0.622. The lowest BCUT2D eigenvalue weighted by molar-refractivity contribution is -0.257. The van der Waals surface area contributed by atoms with Crippen LogP contribution in [0.3, 0.4) is 0 Å². The summed E-state index contributed by atoms with van der Waals surface area (Å²) in [6.45, 7) is 14.7. The molecule has 5 rings (SSSR count). The van der Waals surface area contributed by atoms with Crippen LogP contribution in [0.25, 0.3) is 0 Å². The van der Waals surface area contributed by atoms with Crippen molar-refractivity contribution in [3.05, 3.63) is 42.5 Å². The van der Waals surface area contributed by atoms with Gasteiger partial charge in [-0.25, -0.2) is 0 Å². The fraction of sp³-hybridized carbons (Fsp3) is 0.656. The first kappa shape index (κ1) is 28.4. The SMILES string of the molecule is C=C[C@]1(C)C[C@@H](OC(=O)CSc2cccc(CNC(C)=O)c2)[C@]2(C)C(C)CC34CC(CCC3=O)(C42)[C@@H](C)[C@@H]1O. The maximum absolute atomic E-state index is 13.4. The Labute approximate surface area is 236 Å². The van der Waals surface area contributed by atoms with E-state index in [2.05, 4.69) is 32.7 Å².